The smallest absolute Gasteiger partial charge is 0.324 e. The Morgan fingerprint density at radius 3 is 2.76 bits per heavy atom. The molecule has 29 heavy (non-hydrogen) atoms. The highest BCUT2D eigenvalue weighted by atomic mass is 35.5. The van der Waals surface area contributed by atoms with Gasteiger partial charge in [0.2, 0.25) is 0 Å². The van der Waals surface area contributed by atoms with E-state index in [0.717, 1.165) is 21.8 Å². The van der Waals surface area contributed by atoms with Crippen molar-refractivity contribution in [3.8, 4) is 17.1 Å². The van der Waals surface area contributed by atoms with E-state index in [4.69, 9.17) is 23.2 Å². The lowest BCUT2D eigenvalue weighted by molar-refractivity contribution is -0.130. The summed E-state index contributed by atoms with van der Waals surface area (Å²) < 4.78 is 3.56. The fourth-order valence-electron chi connectivity index (χ4n) is 3.61. The molecule has 3 amide bonds. The van der Waals surface area contributed by atoms with E-state index in [1.165, 1.54) is 0 Å². The predicted octanol–water partition coefficient (Wildman–Crippen LogP) is 2.63. The Balaban J connectivity index is 1.60. The van der Waals surface area contributed by atoms with Gasteiger partial charge in [0.15, 0.2) is 16.8 Å². The maximum atomic E-state index is 12.5. The van der Waals surface area contributed by atoms with Crippen LogP contribution in [0.5, 0.6) is 0 Å². The molecule has 0 saturated carbocycles. The van der Waals surface area contributed by atoms with Gasteiger partial charge in [-0.3, -0.25) is 14.3 Å². The molecular weight excluding hydrogens is 417 g/mol. The second kappa shape index (κ2) is 6.04. The molecule has 0 aliphatic carbocycles. The first-order valence-corrected chi connectivity index (χ1v) is 9.60. The van der Waals surface area contributed by atoms with Gasteiger partial charge in [-0.05, 0) is 32.0 Å². The van der Waals surface area contributed by atoms with Crippen molar-refractivity contribution in [3.05, 3.63) is 46.2 Å². The van der Waals surface area contributed by atoms with Crippen molar-refractivity contribution in [1.29, 1.82) is 0 Å². The first-order valence-electron chi connectivity index (χ1n) is 8.84. The van der Waals surface area contributed by atoms with Crippen LogP contribution < -0.4 is 5.32 Å². The number of urea groups is 1. The van der Waals surface area contributed by atoms with Crippen molar-refractivity contribution < 1.29 is 9.59 Å². The van der Waals surface area contributed by atoms with E-state index in [9.17, 15) is 9.59 Å². The Bertz CT molecular complexity index is 1200. The number of carbonyl (C=O) groups is 2. The number of imidazole rings is 1. The summed E-state index contributed by atoms with van der Waals surface area (Å²) in [6, 6.07) is 4.97. The number of halogens is 2. The molecule has 0 spiro atoms. The van der Waals surface area contributed by atoms with Gasteiger partial charge in [0.1, 0.15) is 11.9 Å². The number of amides is 3. The summed E-state index contributed by atoms with van der Waals surface area (Å²) >= 11 is 12.5. The van der Waals surface area contributed by atoms with Gasteiger partial charge in [-0.2, -0.15) is 5.10 Å². The zero-order valence-corrected chi connectivity index (χ0v) is 17.0. The second-order valence-corrected chi connectivity index (χ2v) is 8.26. The van der Waals surface area contributed by atoms with Crippen LogP contribution in [0.3, 0.4) is 0 Å². The molecule has 2 aliphatic heterocycles. The molecule has 3 aromatic rings. The van der Waals surface area contributed by atoms with Crippen molar-refractivity contribution in [1.82, 2.24) is 34.5 Å². The van der Waals surface area contributed by atoms with Gasteiger partial charge < -0.3 is 5.32 Å². The molecule has 1 aromatic carbocycles. The summed E-state index contributed by atoms with van der Waals surface area (Å²) in [6.45, 7) is 3.62. The third-order valence-electron chi connectivity index (χ3n) is 5.03. The van der Waals surface area contributed by atoms with Crippen molar-refractivity contribution in [3.63, 3.8) is 0 Å². The van der Waals surface area contributed by atoms with Gasteiger partial charge in [0.05, 0.1) is 24.5 Å². The van der Waals surface area contributed by atoms with Gasteiger partial charge >= 0.3 is 6.03 Å². The minimum atomic E-state index is -0.950. The minimum absolute atomic E-state index is 0.0308. The second-order valence-electron chi connectivity index (χ2n) is 7.47. The monoisotopic (exact) mass is 431 g/mol. The van der Waals surface area contributed by atoms with E-state index in [0.29, 0.717) is 28.4 Å². The number of nitrogens with zero attached hydrogens (tertiary/aromatic N) is 6. The maximum absolute atomic E-state index is 12.5. The molecule has 2 aliphatic rings. The largest absolute Gasteiger partial charge is 0.325 e. The first-order chi connectivity index (χ1) is 13.7. The fourth-order valence-corrected chi connectivity index (χ4v) is 3.98. The zero-order valence-electron chi connectivity index (χ0n) is 15.5. The quantitative estimate of drug-likeness (QED) is 0.491. The van der Waals surface area contributed by atoms with Gasteiger partial charge in [-0.15, -0.1) is 0 Å². The normalized spacial score (nSPS) is 16.9. The Morgan fingerprint density at radius 1 is 1.24 bits per heavy atom. The van der Waals surface area contributed by atoms with E-state index >= 15 is 0 Å². The van der Waals surface area contributed by atoms with E-state index in [-0.39, 0.29) is 12.5 Å². The third-order valence-corrected chi connectivity index (χ3v) is 5.58. The van der Waals surface area contributed by atoms with Crippen LogP contribution in [0.1, 0.15) is 25.4 Å². The highest BCUT2D eigenvalue weighted by molar-refractivity contribution is 6.31. The van der Waals surface area contributed by atoms with Gasteiger partial charge in [0, 0.05) is 10.6 Å². The summed E-state index contributed by atoms with van der Waals surface area (Å²) in [7, 11) is 0. The summed E-state index contributed by atoms with van der Waals surface area (Å²) in [4.78, 5) is 34.6. The van der Waals surface area contributed by atoms with E-state index in [1.807, 2.05) is 10.6 Å². The van der Waals surface area contributed by atoms with Crippen LogP contribution in [0.2, 0.25) is 10.2 Å². The lowest BCUT2D eigenvalue weighted by atomic mass is 10.1. The first kappa shape index (κ1) is 18.1. The van der Waals surface area contributed by atoms with Crippen molar-refractivity contribution >= 4 is 35.1 Å². The molecular formula is C18H15Cl2N7O2. The number of nitrogens with one attached hydrogen (secondary N) is 1. The van der Waals surface area contributed by atoms with E-state index in [2.05, 4.69) is 20.4 Å². The molecule has 9 nitrogen and oxygen atoms in total. The lowest BCUT2D eigenvalue weighted by Gasteiger charge is -2.14. The molecule has 4 heterocycles. The van der Waals surface area contributed by atoms with Gasteiger partial charge in [-0.25, -0.2) is 19.4 Å². The molecule has 1 N–H and O–H groups in total. The maximum Gasteiger partial charge on any atom is 0.325 e. The molecule has 0 radical (unpaired) electrons. The van der Waals surface area contributed by atoms with Crippen LogP contribution >= 0.6 is 23.2 Å². The molecule has 148 valence electrons. The number of carbonyl (C=O) groups excluding carboxylic acids is 2. The summed E-state index contributed by atoms with van der Waals surface area (Å²) in [5, 5.41) is 8.10. The molecule has 0 bridgehead atoms. The van der Waals surface area contributed by atoms with Crippen molar-refractivity contribution in [2.45, 2.75) is 32.5 Å². The number of rotatable bonds is 2. The number of fused-ring (bicyclic) bond motifs is 5. The topological polar surface area (TPSA) is 97.9 Å². The van der Waals surface area contributed by atoms with Crippen LogP contribution in [0, 0.1) is 0 Å². The fraction of sp³-hybridized carbons (Fsp3) is 0.278. The molecule has 1 fully saturated rings. The predicted molar refractivity (Wildman–Crippen MR) is 105 cm³/mol. The third kappa shape index (κ3) is 2.72. The molecule has 0 atom stereocenters. The SMILES string of the molecule is CC1(C)NC(=O)N(Cc2nc3n(n2)Cc2c(Cl)ncn2-c2ccc(Cl)cc2-3)C1=O. The number of benzene rings is 1. The van der Waals surface area contributed by atoms with Crippen molar-refractivity contribution in [2.24, 2.45) is 0 Å². The summed E-state index contributed by atoms with van der Waals surface area (Å²) in [5.74, 6) is 0.594. The van der Waals surface area contributed by atoms with Crippen LogP contribution in [-0.2, 0) is 17.9 Å². The Kier molecular flexibility index (Phi) is 3.78. The van der Waals surface area contributed by atoms with Crippen LogP contribution in [0.4, 0.5) is 4.79 Å². The van der Waals surface area contributed by atoms with Crippen molar-refractivity contribution in [2.75, 3.05) is 0 Å². The number of hydrogen-bond donors (Lipinski definition) is 1. The molecule has 1 saturated heterocycles. The Morgan fingerprint density at radius 2 is 2.03 bits per heavy atom. The van der Waals surface area contributed by atoms with Crippen LogP contribution in [-0.4, -0.2) is 46.7 Å². The highest BCUT2D eigenvalue weighted by Crippen LogP contribution is 2.34. The van der Waals surface area contributed by atoms with E-state index in [1.54, 1.807) is 37.0 Å². The van der Waals surface area contributed by atoms with Crippen LogP contribution in [0.25, 0.3) is 17.1 Å². The molecule has 0 unspecified atom stereocenters. The average molecular weight is 432 g/mol. The van der Waals surface area contributed by atoms with E-state index < -0.39 is 11.6 Å². The highest BCUT2D eigenvalue weighted by Gasteiger charge is 2.44. The number of aromatic nitrogens is 5. The summed E-state index contributed by atoms with van der Waals surface area (Å²) in [6.07, 6.45) is 1.65. The standard InChI is InChI=1S/C18H15Cl2N7O2/c1-18(2)16(28)25(17(29)23-18)7-13-22-15-10-5-9(19)3-4-11(10)26-8-21-14(20)12(26)6-27(15)24-13/h3-5,8H,6-7H2,1-2H3,(H,23,29). The summed E-state index contributed by atoms with van der Waals surface area (Å²) in [5.41, 5.74) is 1.37. The van der Waals surface area contributed by atoms with Gasteiger partial charge in [0.25, 0.3) is 5.91 Å². The molecule has 2 aromatic heterocycles. The van der Waals surface area contributed by atoms with Crippen LogP contribution in [0.15, 0.2) is 24.5 Å². The Hall–Kier alpha value is -2.91. The molecule has 11 heteroatoms. The number of hydrogen-bond acceptors (Lipinski definition) is 5. The molecule has 5 rings (SSSR count). The zero-order chi connectivity index (χ0) is 20.5. The minimum Gasteiger partial charge on any atom is -0.324 e. The lowest BCUT2D eigenvalue weighted by Crippen LogP contribution is -2.40. The average Bonchev–Trinajstić information content (AvgIpc) is 3.25. The van der Waals surface area contributed by atoms with Gasteiger partial charge in [-0.1, -0.05) is 23.2 Å². The number of imide groups is 1. The Labute approximate surface area is 175 Å².